The van der Waals surface area contributed by atoms with Crippen LogP contribution >= 0.6 is 0 Å². The molecule has 1 saturated heterocycles. The summed E-state index contributed by atoms with van der Waals surface area (Å²) in [6, 6.07) is 0. The number of aromatic nitrogens is 2. The van der Waals surface area contributed by atoms with E-state index in [0.717, 1.165) is 37.9 Å². The molecule has 3 rings (SSSR count). The summed E-state index contributed by atoms with van der Waals surface area (Å²) < 4.78 is 7.27. The third kappa shape index (κ3) is 4.03. The Bertz CT molecular complexity index is 633. The molecule has 7 nitrogen and oxygen atoms in total. The highest BCUT2D eigenvalue weighted by Crippen LogP contribution is 2.22. The van der Waals surface area contributed by atoms with Crippen molar-refractivity contribution in [3.05, 3.63) is 17.2 Å². The predicted molar refractivity (Wildman–Crippen MR) is 93.7 cm³/mol. The number of carbonyl (C=O) groups excluding carboxylic acids is 2. The maximum absolute atomic E-state index is 12.9. The number of amides is 2. The minimum atomic E-state index is -0.176. The molecule has 3 heterocycles. The Labute approximate surface area is 148 Å². The van der Waals surface area contributed by atoms with E-state index >= 15 is 0 Å². The smallest absolute Gasteiger partial charge is 0.287 e. The Morgan fingerprint density at radius 2 is 1.96 bits per heavy atom. The molecule has 1 N–H and O–H groups in total. The highest BCUT2D eigenvalue weighted by Gasteiger charge is 2.30. The highest BCUT2D eigenvalue weighted by atomic mass is 16.5. The maximum Gasteiger partial charge on any atom is 0.287 e. The number of imidazole rings is 1. The van der Waals surface area contributed by atoms with E-state index in [4.69, 9.17) is 4.74 Å². The molecule has 1 fully saturated rings. The van der Waals surface area contributed by atoms with Crippen LogP contribution in [0.15, 0.2) is 0 Å². The molecule has 1 aromatic heterocycles. The van der Waals surface area contributed by atoms with Gasteiger partial charge in [0.15, 0.2) is 5.82 Å². The number of morpholine rings is 1. The zero-order valence-corrected chi connectivity index (χ0v) is 15.2. The Hall–Kier alpha value is -1.89. The Kier molecular flexibility index (Phi) is 5.73. The molecular weight excluding hydrogens is 320 g/mol. The lowest BCUT2D eigenvalue weighted by molar-refractivity contribution is 0.0298. The summed E-state index contributed by atoms with van der Waals surface area (Å²) in [6.07, 6.45) is 3.78. The predicted octanol–water partition coefficient (Wildman–Crippen LogP) is 1.47. The van der Waals surface area contributed by atoms with Crippen LogP contribution in [0.4, 0.5) is 0 Å². The van der Waals surface area contributed by atoms with Gasteiger partial charge in [0.1, 0.15) is 5.69 Å². The normalized spacial score (nSPS) is 17.5. The van der Waals surface area contributed by atoms with Crippen LogP contribution in [0.25, 0.3) is 0 Å². The fourth-order valence-electron chi connectivity index (χ4n) is 3.36. The van der Waals surface area contributed by atoms with Crippen molar-refractivity contribution in [1.82, 2.24) is 19.8 Å². The van der Waals surface area contributed by atoms with Gasteiger partial charge in [-0.15, -0.1) is 0 Å². The van der Waals surface area contributed by atoms with Gasteiger partial charge in [0, 0.05) is 26.2 Å². The third-order valence-electron chi connectivity index (χ3n) is 4.83. The summed E-state index contributed by atoms with van der Waals surface area (Å²) in [7, 11) is 0. The van der Waals surface area contributed by atoms with Crippen molar-refractivity contribution in [2.24, 2.45) is 5.92 Å². The van der Waals surface area contributed by atoms with Gasteiger partial charge in [-0.25, -0.2) is 4.98 Å². The van der Waals surface area contributed by atoms with Gasteiger partial charge in [0.05, 0.1) is 18.9 Å². The first-order chi connectivity index (χ1) is 12.1. The van der Waals surface area contributed by atoms with E-state index in [1.807, 2.05) is 4.57 Å². The quantitative estimate of drug-likeness (QED) is 0.874. The van der Waals surface area contributed by atoms with Crippen LogP contribution in [0.5, 0.6) is 0 Å². The van der Waals surface area contributed by atoms with Gasteiger partial charge in [0.2, 0.25) is 0 Å². The average Bonchev–Trinajstić information content (AvgIpc) is 3.01. The van der Waals surface area contributed by atoms with Gasteiger partial charge in [0.25, 0.3) is 11.8 Å². The van der Waals surface area contributed by atoms with Gasteiger partial charge in [-0.3, -0.25) is 9.59 Å². The molecule has 1 aromatic rings. The van der Waals surface area contributed by atoms with Crippen molar-refractivity contribution in [3.8, 4) is 0 Å². The van der Waals surface area contributed by atoms with Crippen LogP contribution in [-0.4, -0.2) is 59.1 Å². The maximum atomic E-state index is 12.9. The minimum Gasteiger partial charge on any atom is -0.378 e. The van der Waals surface area contributed by atoms with E-state index in [-0.39, 0.29) is 11.8 Å². The van der Waals surface area contributed by atoms with Crippen molar-refractivity contribution < 1.29 is 14.3 Å². The SMILES string of the molecule is CC(C)CCNC(=O)c1nc(C(=O)N2CCOCC2)c2n1CCCC2. The summed E-state index contributed by atoms with van der Waals surface area (Å²) in [5, 5.41) is 2.95. The lowest BCUT2D eigenvalue weighted by Gasteiger charge is -2.26. The van der Waals surface area contributed by atoms with Crippen molar-refractivity contribution in [2.75, 3.05) is 32.8 Å². The number of hydrogen-bond donors (Lipinski definition) is 1. The molecule has 0 atom stereocenters. The van der Waals surface area contributed by atoms with Gasteiger partial charge in [-0.1, -0.05) is 13.8 Å². The standard InChI is InChI=1S/C18H28N4O3/c1-13(2)6-7-19-17(23)16-20-15(14-5-3-4-8-22(14)16)18(24)21-9-11-25-12-10-21/h13H,3-12H2,1-2H3,(H,19,23). The molecule has 0 aliphatic carbocycles. The van der Waals surface area contributed by atoms with Crippen LogP contribution < -0.4 is 5.32 Å². The molecule has 0 radical (unpaired) electrons. The summed E-state index contributed by atoms with van der Waals surface area (Å²) in [5.41, 5.74) is 1.37. The molecule has 2 amide bonds. The second kappa shape index (κ2) is 7.99. The number of rotatable bonds is 5. The summed E-state index contributed by atoms with van der Waals surface area (Å²) in [4.78, 5) is 31.7. The molecule has 7 heteroatoms. The summed E-state index contributed by atoms with van der Waals surface area (Å²) in [5.74, 6) is 0.669. The molecule has 0 saturated carbocycles. The minimum absolute atomic E-state index is 0.0739. The van der Waals surface area contributed by atoms with Crippen LogP contribution in [0.2, 0.25) is 0 Å². The first-order valence-corrected chi connectivity index (χ1v) is 9.32. The fraction of sp³-hybridized carbons (Fsp3) is 0.722. The first kappa shape index (κ1) is 17.9. The second-order valence-electron chi connectivity index (χ2n) is 7.18. The summed E-state index contributed by atoms with van der Waals surface area (Å²) in [6.45, 7) is 7.93. The lowest BCUT2D eigenvalue weighted by atomic mass is 10.1. The lowest BCUT2D eigenvalue weighted by Crippen LogP contribution is -2.41. The largest absolute Gasteiger partial charge is 0.378 e. The van der Waals surface area contributed by atoms with Crippen LogP contribution in [0, 0.1) is 5.92 Å². The number of ether oxygens (including phenoxy) is 1. The van der Waals surface area contributed by atoms with E-state index < -0.39 is 0 Å². The first-order valence-electron chi connectivity index (χ1n) is 9.32. The van der Waals surface area contributed by atoms with Crippen LogP contribution in [0.3, 0.4) is 0 Å². The summed E-state index contributed by atoms with van der Waals surface area (Å²) >= 11 is 0. The molecule has 2 aliphatic heterocycles. The van der Waals surface area contributed by atoms with E-state index in [9.17, 15) is 9.59 Å². The second-order valence-corrected chi connectivity index (χ2v) is 7.18. The van der Waals surface area contributed by atoms with Gasteiger partial charge < -0.3 is 19.5 Å². The number of carbonyl (C=O) groups is 2. The van der Waals surface area contributed by atoms with Crippen LogP contribution in [-0.2, 0) is 17.7 Å². The van der Waals surface area contributed by atoms with Crippen molar-refractivity contribution in [2.45, 2.75) is 46.1 Å². The van der Waals surface area contributed by atoms with Gasteiger partial charge >= 0.3 is 0 Å². The topological polar surface area (TPSA) is 76.5 Å². The Balaban J connectivity index is 1.80. The highest BCUT2D eigenvalue weighted by molar-refractivity contribution is 5.97. The molecule has 0 aromatic carbocycles. The molecule has 0 unspecified atom stereocenters. The third-order valence-corrected chi connectivity index (χ3v) is 4.83. The molecular formula is C18H28N4O3. The zero-order valence-electron chi connectivity index (χ0n) is 15.2. The monoisotopic (exact) mass is 348 g/mol. The van der Waals surface area contributed by atoms with Crippen molar-refractivity contribution in [3.63, 3.8) is 0 Å². The Morgan fingerprint density at radius 1 is 1.20 bits per heavy atom. The van der Waals surface area contributed by atoms with E-state index in [0.29, 0.717) is 50.3 Å². The molecule has 2 aliphatic rings. The molecule has 138 valence electrons. The number of fused-ring (bicyclic) bond motifs is 1. The van der Waals surface area contributed by atoms with E-state index in [1.165, 1.54) is 0 Å². The zero-order chi connectivity index (χ0) is 17.8. The Morgan fingerprint density at radius 3 is 2.68 bits per heavy atom. The number of nitrogens with one attached hydrogen (secondary N) is 1. The van der Waals surface area contributed by atoms with Crippen LogP contribution in [0.1, 0.15) is 59.9 Å². The number of hydrogen-bond acceptors (Lipinski definition) is 4. The van der Waals surface area contributed by atoms with Gasteiger partial charge in [-0.05, 0) is 31.6 Å². The molecule has 0 spiro atoms. The van der Waals surface area contributed by atoms with Crippen molar-refractivity contribution in [1.29, 1.82) is 0 Å². The van der Waals surface area contributed by atoms with E-state index in [2.05, 4.69) is 24.1 Å². The average molecular weight is 348 g/mol. The van der Waals surface area contributed by atoms with E-state index in [1.54, 1.807) is 4.90 Å². The van der Waals surface area contributed by atoms with Crippen molar-refractivity contribution >= 4 is 11.8 Å². The van der Waals surface area contributed by atoms with Gasteiger partial charge in [-0.2, -0.15) is 0 Å². The number of nitrogens with zero attached hydrogens (tertiary/aromatic N) is 3. The fourth-order valence-corrected chi connectivity index (χ4v) is 3.36. The molecule has 25 heavy (non-hydrogen) atoms. The molecule has 0 bridgehead atoms.